The van der Waals surface area contributed by atoms with Gasteiger partial charge in [0, 0.05) is 31.9 Å². The molecule has 0 saturated carbocycles. The maximum Gasteiger partial charge on any atom is 0.150 e. The number of nitrogens with zero attached hydrogens (tertiary/aromatic N) is 4. The number of halogens is 1. The van der Waals surface area contributed by atoms with Crippen molar-refractivity contribution in [1.29, 1.82) is 0 Å². The summed E-state index contributed by atoms with van der Waals surface area (Å²) in [5.74, 6) is 0. The van der Waals surface area contributed by atoms with Crippen LogP contribution in [-0.4, -0.2) is 46.9 Å². The molecule has 0 bridgehead atoms. The first-order valence-corrected chi connectivity index (χ1v) is 11.4. The second kappa shape index (κ2) is 9.13. The van der Waals surface area contributed by atoms with E-state index in [-0.39, 0.29) is 6.04 Å². The summed E-state index contributed by atoms with van der Waals surface area (Å²) in [6.07, 6.45) is 2.02. The van der Waals surface area contributed by atoms with Crippen LogP contribution in [0.15, 0.2) is 85.2 Å². The highest BCUT2D eigenvalue weighted by Crippen LogP contribution is 2.32. The van der Waals surface area contributed by atoms with Gasteiger partial charge in [-0.25, -0.2) is 9.37 Å². The van der Waals surface area contributed by atoms with Crippen molar-refractivity contribution >= 4 is 16.7 Å². The van der Waals surface area contributed by atoms with Crippen molar-refractivity contribution in [3.05, 3.63) is 96.3 Å². The van der Waals surface area contributed by atoms with Crippen molar-refractivity contribution in [2.24, 2.45) is 0 Å². The fourth-order valence-corrected chi connectivity index (χ4v) is 4.75. The van der Waals surface area contributed by atoms with Crippen molar-refractivity contribution in [1.82, 2.24) is 14.5 Å². The van der Waals surface area contributed by atoms with E-state index in [1.807, 2.05) is 11.2 Å². The van der Waals surface area contributed by atoms with Gasteiger partial charge in [-0.3, -0.25) is 4.90 Å². The maximum atomic E-state index is 13.8. The second-order valence-corrected chi connectivity index (χ2v) is 8.50. The van der Waals surface area contributed by atoms with E-state index in [2.05, 4.69) is 88.3 Å². The number of anilines is 1. The van der Waals surface area contributed by atoms with E-state index in [9.17, 15) is 4.39 Å². The summed E-state index contributed by atoms with van der Waals surface area (Å²) in [7, 11) is 0. The van der Waals surface area contributed by atoms with Gasteiger partial charge >= 0.3 is 0 Å². The van der Waals surface area contributed by atoms with Gasteiger partial charge < -0.3 is 9.47 Å². The molecule has 4 nitrogen and oxygen atoms in total. The molecule has 3 aromatic carbocycles. The van der Waals surface area contributed by atoms with E-state index in [4.69, 9.17) is 4.98 Å². The topological polar surface area (TPSA) is 24.3 Å². The number of aromatic nitrogens is 2. The van der Waals surface area contributed by atoms with Crippen LogP contribution in [0.1, 0.15) is 30.5 Å². The molecule has 0 radical (unpaired) electrons. The molecule has 1 aromatic heterocycles. The van der Waals surface area contributed by atoms with Gasteiger partial charge in [0.1, 0.15) is 0 Å². The fourth-order valence-electron chi connectivity index (χ4n) is 4.75. The molecule has 5 heteroatoms. The smallest absolute Gasteiger partial charge is 0.150 e. The molecule has 0 spiro atoms. The predicted molar refractivity (Wildman–Crippen MR) is 129 cm³/mol. The molecular weight excluding hydrogens is 399 g/mol. The molecule has 1 saturated heterocycles. The third-order valence-electron chi connectivity index (χ3n) is 6.47. The first kappa shape index (κ1) is 20.7. The van der Waals surface area contributed by atoms with E-state index in [0.717, 1.165) is 43.6 Å². The van der Waals surface area contributed by atoms with Crippen LogP contribution in [0.4, 0.5) is 10.1 Å². The number of hydrogen-bond donors (Lipinski definition) is 0. The van der Waals surface area contributed by atoms with E-state index in [1.54, 1.807) is 6.92 Å². The Balaban J connectivity index is 1.54. The van der Waals surface area contributed by atoms with E-state index < -0.39 is 6.30 Å². The van der Waals surface area contributed by atoms with Crippen LogP contribution in [0, 0.1) is 0 Å². The van der Waals surface area contributed by atoms with Gasteiger partial charge in [0.25, 0.3) is 0 Å². The van der Waals surface area contributed by atoms with Crippen molar-refractivity contribution in [2.75, 3.05) is 31.1 Å². The van der Waals surface area contributed by atoms with Gasteiger partial charge in [-0.15, -0.1) is 0 Å². The number of hydrogen-bond acceptors (Lipinski definition) is 3. The van der Waals surface area contributed by atoms with Crippen LogP contribution in [0.25, 0.3) is 11.0 Å². The van der Waals surface area contributed by atoms with Crippen LogP contribution < -0.4 is 4.90 Å². The lowest BCUT2D eigenvalue weighted by Gasteiger charge is -2.25. The molecule has 32 heavy (non-hydrogen) atoms. The van der Waals surface area contributed by atoms with Crippen molar-refractivity contribution in [3.63, 3.8) is 0 Å². The van der Waals surface area contributed by atoms with E-state index in [0.29, 0.717) is 0 Å². The van der Waals surface area contributed by atoms with Crippen LogP contribution >= 0.6 is 0 Å². The van der Waals surface area contributed by atoms with Crippen LogP contribution in [-0.2, 0) is 0 Å². The molecule has 1 fully saturated rings. The quantitative estimate of drug-likeness (QED) is 0.392. The highest BCUT2D eigenvalue weighted by atomic mass is 19.1. The SMILES string of the molecule is CC(F)N1CCCN(c2ccc3ncn(C(c4ccccc4)c4ccccc4)c3c2)CC1. The lowest BCUT2D eigenvalue weighted by molar-refractivity contribution is 0.106. The van der Waals surface area contributed by atoms with Gasteiger partial charge in [-0.2, -0.15) is 0 Å². The zero-order valence-corrected chi connectivity index (χ0v) is 18.4. The standard InChI is InChI=1S/C27H29FN4/c1-21(28)30-15-8-16-31(18-17-30)24-13-14-25-26(19-24)32(20-29-25)27(22-9-4-2-5-10-22)23-11-6-3-7-12-23/h2-7,9-14,19-21,27H,8,15-18H2,1H3. The maximum absolute atomic E-state index is 13.8. The van der Waals surface area contributed by atoms with Crippen molar-refractivity contribution in [3.8, 4) is 0 Å². The summed E-state index contributed by atoms with van der Waals surface area (Å²) in [6.45, 7) is 4.94. The Kier molecular flexibility index (Phi) is 5.91. The molecule has 1 aliphatic heterocycles. The minimum absolute atomic E-state index is 0.0460. The molecular formula is C27H29FN4. The lowest BCUT2D eigenvalue weighted by atomic mass is 9.98. The summed E-state index contributed by atoms with van der Waals surface area (Å²) in [4.78, 5) is 9.01. The lowest BCUT2D eigenvalue weighted by Crippen LogP contribution is -2.34. The molecule has 1 unspecified atom stereocenters. The fraction of sp³-hybridized carbons (Fsp3) is 0.296. The highest BCUT2D eigenvalue weighted by molar-refractivity contribution is 5.80. The Morgan fingerprint density at radius 2 is 1.50 bits per heavy atom. The van der Waals surface area contributed by atoms with Crippen molar-refractivity contribution < 1.29 is 4.39 Å². The van der Waals surface area contributed by atoms with Crippen LogP contribution in [0.3, 0.4) is 0 Å². The number of fused-ring (bicyclic) bond motifs is 1. The average Bonchev–Trinajstić information content (AvgIpc) is 3.07. The summed E-state index contributed by atoms with van der Waals surface area (Å²) in [5.41, 5.74) is 5.73. The summed E-state index contributed by atoms with van der Waals surface area (Å²) >= 11 is 0. The second-order valence-electron chi connectivity index (χ2n) is 8.50. The van der Waals surface area contributed by atoms with Gasteiger partial charge in [-0.1, -0.05) is 60.7 Å². The number of imidazole rings is 1. The Morgan fingerprint density at radius 3 is 2.16 bits per heavy atom. The minimum Gasteiger partial charge on any atom is -0.370 e. The van der Waals surface area contributed by atoms with E-state index >= 15 is 0 Å². The monoisotopic (exact) mass is 428 g/mol. The Labute approximate surface area is 188 Å². The first-order chi connectivity index (χ1) is 15.7. The van der Waals surface area contributed by atoms with Gasteiger partial charge in [0.15, 0.2) is 6.30 Å². The molecule has 1 aliphatic rings. The summed E-state index contributed by atoms with van der Waals surface area (Å²) in [6, 6.07) is 27.7. The third-order valence-corrected chi connectivity index (χ3v) is 6.47. The Bertz CT molecular complexity index is 1120. The predicted octanol–water partition coefficient (Wildman–Crippen LogP) is 5.50. The number of alkyl halides is 1. The Hall–Kier alpha value is -3.18. The Morgan fingerprint density at radius 1 is 0.812 bits per heavy atom. The molecule has 5 rings (SSSR count). The number of rotatable bonds is 5. The van der Waals surface area contributed by atoms with Crippen LogP contribution in [0.5, 0.6) is 0 Å². The zero-order chi connectivity index (χ0) is 21.9. The summed E-state index contributed by atoms with van der Waals surface area (Å²) in [5, 5.41) is 0. The highest BCUT2D eigenvalue weighted by Gasteiger charge is 2.21. The molecule has 2 heterocycles. The molecule has 164 valence electrons. The zero-order valence-electron chi connectivity index (χ0n) is 18.4. The third kappa shape index (κ3) is 4.13. The van der Waals surface area contributed by atoms with Crippen molar-refractivity contribution in [2.45, 2.75) is 25.7 Å². The minimum atomic E-state index is -0.892. The first-order valence-electron chi connectivity index (χ1n) is 11.4. The molecule has 0 N–H and O–H groups in total. The van der Waals surface area contributed by atoms with E-state index in [1.165, 1.54) is 16.8 Å². The normalized spacial score (nSPS) is 16.4. The number of benzene rings is 3. The molecule has 4 aromatic rings. The molecule has 0 amide bonds. The largest absolute Gasteiger partial charge is 0.370 e. The summed E-state index contributed by atoms with van der Waals surface area (Å²) < 4.78 is 16.1. The van der Waals surface area contributed by atoms with Gasteiger partial charge in [-0.05, 0) is 42.7 Å². The van der Waals surface area contributed by atoms with Gasteiger partial charge in [0.05, 0.1) is 23.4 Å². The van der Waals surface area contributed by atoms with Gasteiger partial charge in [0.2, 0.25) is 0 Å². The van der Waals surface area contributed by atoms with Crippen LogP contribution in [0.2, 0.25) is 0 Å². The molecule has 1 atom stereocenters. The molecule has 0 aliphatic carbocycles. The average molecular weight is 429 g/mol.